The zero-order chi connectivity index (χ0) is 9.97. The summed E-state index contributed by atoms with van der Waals surface area (Å²) in [7, 11) is 4.18. The molecule has 14 heavy (non-hydrogen) atoms. The van der Waals surface area contributed by atoms with Gasteiger partial charge >= 0.3 is 0 Å². The smallest absolute Gasteiger partial charge is 0.0659 e. The van der Waals surface area contributed by atoms with Crippen LogP contribution in [0.15, 0.2) is 30.3 Å². The van der Waals surface area contributed by atoms with Gasteiger partial charge in [-0.1, -0.05) is 18.2 Å². The van der Waals surface area contributed by atoms with Crippen molar-refractivity contribution in [2.45, 2.75) is 6.54 Å². The van der Waals surface area contributed by atoms with Crippen molar-refractivity contribution in [2.75, 3.05) is 20.6 Å². The van der Waals surface area contributed by atoms with Gasteiger partial charge in [-0.2, -0.15) is 0 Å². The lowest BCUT2D eigenvalue weighted by Gasteiger charge is -2.10. The summed E-state index contributed by atoms with van der Waals surface area (Å²) in [5.41, 5.74) is 1.27. The number of likely N-dealkylation sites (N-methyl/N-ethyl adjacent to an activating group) is 1. The third-order valence-electron chi connectivity index (χ3n) is 2.37. The highest BCUT2D eigenvalue weighted by Gasteiger charge is 1.99. The van der Waals surface area contributed by atoms with Gasteiger partial charge in [-0.25, -0.2) is 0 Å². The van der Waals surface area contributed by atoms with Crippen LogP contribution in [0.3, 0.4) is 0 Å². The Morgan fingerprint density at radius 1 is 1.29 bits per heavy atom. The fourth-order valence-electron chi connectivity index (χ4n) is 1.56. The van der Waals surface area contributed by atoms with Crippen molar-refractivity contribution in [2.24, 2.45) is 0 Å². The summed E-state index contributed by atoms with van der Waals surface area (Å²) in [6.45, 7) is 2.05. The summed E-state index contributed by atoms with van der Waals surface area (Å²) in [5, 5.41) is 1.27. The van der Waals surface area contributed by atoms with E-state index in [1.54, 1.807) is 0 Å². The second-order valence-corrected chi connectivity index (χ2v) is 3.79. The third-order valence-corrected chi connectivity index (χ3v) is 2.37. The zero-order valence-electron chi connectivity index (χ0n) is 8.70. The minimum absolute atomic E-state index is 1.00. The Labute approximate surface area is 84.8 Å². The summed E-state index contributed by atoms with van der Waals surface area (Å²) in [4.78, 5) is 2.18. The summed E-state index contributed by atoms with van der Waals surface area (Å²) in [6, 6.07) is 10.4. The summed E-state index contributed by atoms with van der Waals surface area (Å²) in [6.07, 6.45) is 3.26. The van der Waals surface area contributed by atoms with Gasteiger partial charge in [0, 0.05) is 24.0 Å². The van der Waals surface area contributed by atoms with Crippen molar-refractivity contribution in [3.05, 3.63) is 36.5 Å². The molecule has 2 nitrogen and oxygen atoms in total. The Balaban J connectivity index is 2.25. The van der Waals surface area contributed by atoms with Crippen LogP contribution in [-0.2, 0) is 6.54 Å². The fourth-order valence-corrected chi connectivity index (χ4v) is 1.56. The van der Waals surface area contributed by atoms with E-state index in [1.165, 1.54) is 10.9 Å². The van der Waals surface area contributed by atoms with Crippen molar-refractivity contribution in [3.8, 4) is 0 Å². The van der Waals surface area contributed by atoms with Gasteiger partial charge in [-0.3, -0.25) is 0 Å². The van der Waals surface area contributed by atoms with Crippen molar-refractivity contribution in [3.63, 3.8) is 0 Å². The van der Waals surface area contributed by atoms with Crippen molar-refractivity contribution in [1.82, 2.24) is 9.47 Å². The number of para-hydroxylation sites is 1. The van der Waals surface area contributed by atoms with Gasteiger partial charge in [0.2, 0.25) is 0 Å². The molecule has 0 N–H and O–H groups in total. The van der Waals surface area contributed by atoms with Crippen LogP contribution >= 0.6 is 0 Å². The molecule has 0 aliphatic rings. The zero-order valence-corrected chi connectivity index (χ0v) is 8.70. The summed E-state index contributed by atoms with van der Waals surface area (Å²) >= 11 is 0. The van der Waals surface area contributed by atoms with Crippen LogP contribution in [0.2, 0.25) is 0 Å². The molecule has 0 aliphatic heterocycles. The number of hydrogen-bond acceptors (Lipinski definition) is 1. The molecule has 1 aromatic heterocycles. The lowest BCUT2D eigenvalue weighted by atomic mass is 10.2. The molecule has 0 amide bonds. The normalized spacial score (nSPS) is 11.4. The Bertz CT molecular complexity index is 415. The average molecular weight is 187 g/mol. The topological polar surface area (TPSA) is 8.17 Å². The van der Waals surface area contributed by atoms with E-state index in [0.717, 1.165) is 13.1 Å². The lowest BCUT2D eigenvalue weighted by molar-refractivity contribution is 0.386. The number of nitrogens with zero attached hydrogens (tertiary/aromatic N) is 2. The molecule has 1 radical (unpaired) electrons. The van der Waals surface area contributed by atoms with E-state index in [9.17, 15) is 0 Å². The fraction of sp³-hybridized carbons (Fsp3) is 0.333. The van der Waals surface area contributed by atoms with Crippen LogP contribution in [-0.4, -0.2) is 30.1 Å². The van der Waals surface area contributed by atoms with Gasteiger partial charge in [-0.15, -0.1) is 0 Å². The second kappa shape index (κ2) is 3.84. The van der Waals surface area contributed by atoms with Gasteiger partial charge in [0.15, 0.2) is 0 Å². The molecule has 2 heteroatoms. The SMILES string of the molecule is CN(C)CCn1[c]cc2ccccc21. The lowest BCUT2D eigenvalue weighted by Crippen LogP contribution is -2.17. The van der Waals surface area contributed by atoms with Crippen LogP contribution in [0.25, 0.3) is 10.9 Å². The predicted octanol–water partition coefficient (Wildman–Crippen LogP) is 2.00. The number of benzene rings is 1. The van der Waals surface area contributed by atoms with Gasteiger partial charge < -0.3 is 9.47 Å². The van der Waals surface area contributed by atoms with Crippen molar-refractivity contribution in [1.29, 1.82) is 0 Å². The Hall–Kier alpha value is -1.28. The maximum atomic E-state index is 3.26. The van der Waals surface area contributed by atoms with Gasteiger partial charge in [0.05, 0.1) is 6.20 Å². The van der Waals surface area contributed by atoms with Crippen LogP contribution < -0.4 is 0 Å². The first-order valence-corrected chi connectivity index (χ1v) is 4.88. The van der Waals surface area contributed by atoms with Crippen LogP contribution in [0, 0.1) is 6.20 Å². The van der Waals surface area contributed by atoms with Gasteiger partial charge in [-0.05, 0) is 26.2 Å². The molecule has 0 aliphatic carbocycles. The van der Waals surface area contributed by atoms with E-state index in [1.807, 2.05) is 6.07 Å². The number of fused-ring (bicyclic) bond motifs is 1. The molecule has 0 spiro atoms. The molecule has 1 heterocycles. The summed E-state index contributed by atoms with van der Waals surface area (Å²) < 4.78 is 2.18. The van der Waals surface area contributed by atoms with E-state index in [2.05, 4.69) is 54.0 Å². The molecule has 0 unspecified atom stereocenters. The highest BCUT2D eigenvalue weighted by atomic mass is 15.1. The molecule has 2 rings (SSSR count). The van der Waals surface area contributed by atoms with Crippen LogP contribution in [0.4, 0.5) is 0 Å². The molecule has 0 fully saturated rings. The second-order valence-electron chi connectivity index (χ2n) is 3.79. The van der Waals surface area contributed by atoms with Crippen LogP contribution in [0.1, 0.15) is 0 Å². The molecule has 2 aromatic rings. The number of rotatable bonds is 3. The average Bonchev–Trinajstić information content (AvgIpc) is 2.58. The van der Waals surface area contributed by atoms with Crippen LogP contribution in [0.5, 0.6) is 0 Å². The monoisotopic (exact) mass is 187 g/mol. The minimum atomic E-state index is 1.00. The molecule has 1 aromatic carbocycles. The Kier molecular flexibility index (Phi) is 2.55. The molecule has 73 valence electrons. The molecule has 0 saturated heterocycles. The first-order chi connectivity index (χ1) is 6.77. The predicted molar refractivity (Wildman–Crippen MR) is 59.3 cm³/mol. The maximum absolute atomic E-state index is 3.26. The van der Waals surface area contributed by atoms with E-state index in [4.69, 9.17) is 0 Å². The highest BCUT2D eigenvalue weighted by molar-refractivity contribution is 5.79. The Morgan fingerprint density at radius 3 is 2.86 bits per heavy atom. The molecule has 0 saturated carbocycles. The van der Waals surface area contributed by atoms with Gasteiger partial charge in [0.25, 0.3) is 0 Å². The van der Waals surface area contributed by atoms with Crippen molar-refractivity contribution >= 4 is 10.9 Å². The minimum Gasteiger partial charge on any atom is -0.338 e. The van der Waals surface area contributed by atoms with E-state index in [-0.39, 0.29) is 0 Å². The van der Waals surface area contributed by atoms with E-state index in [0.29, 0.717) is 0 Å². The molecule has 0 bridgehead atoms. The summed E-state index contributed by atoms with van der Waals surface area (Å²) in [5.74, 6) is 0. The highest BCUT2D eigenvalue weighted by Crippen LogP contribution is 2.13. The molecular weight excluding hydrogens is 172 g/mol. The third kappa shape index (κ3) is 1.80. The number of hydrogen-bond donors (Lipinski definition) is 0. The quantitative estimate of drug-likeness (QED) is 0.713. The van der Waals surface area contributed by atoms with Crippen molar-refractivity contribution < 1.29 is 0 Å². The number of aromatic nitrogens is 1. The first kappa shape index (κ1) is 9.28. The Morgan fingerprint density at radius 2 is 2.07 bits per heavy atom. The van der Waals surface area contributed by atoms with E-state index >= 15 is 0 Å². The standard InChI is InChI=1S/C12H15N2/c1-13(2)9-10-14-8-7-11-5-3-4-6-12(11)14/h3-7H,9-10H2,1-2H3. The van der Waals surface area contributed by atoms with E-state index < -0.39 is 0 Å². The maximum Gasteiger partial charge on any atom is 0.0659 e. The first-order valence-electron chi connectivity index (χ1n) is 4.88. The van der Waals surface area contributed by atoms with Gasteiger partial charge in [0.1, 0.15) is 0 Å². The molecular formula is C12H15N2. The largest absolute Gasteiger partial charge is 0.338 e. The molecule has 0 atom stereocenters.